The molecule has 0 radical (unpaired) electrons. The average molecular weight is 413 g/mol. The summed E-state index contributed by atoms with van der Waals surface area (Å²) < 4.78 is 11.2. The van der Waals surface area contributed by atoms with Gasteiger partial charge in [0.05, 0.1) is 44.0 Å². The Morgan fingerprint density at radius 3 is 1.85 bits per heavy atom. The van der Waals surface area contributed by atoms with Gasteiger partial charge in [-0.3, -0.25) is 9.80 Å². The number of nitrogens with zero attached hydrogens (tertiary/aromatic N) is 2. The molecule has 2 rings (SSSR count). The van der Waals surface area contributed by atoms with Crippen molar-refractivity contribution in [2.24, 2.45) is 0 Å². The van der Waals surface area contributed by atoms with E-state index < -0.39 is 8.07 Å². The second-order valence-electron chi connectivity index (χ2n) is 8.98. The van der Waals surface area contributed by atoms with Crippen molar-refractivity contribution in [2.75, 3.05) is 52.6 Å². The summed E-state index contributed by atoms with van der Waals surface area (Å²) >= 11 is 0. The molecule has 0 aromatic rings. The van der Waals surface area contributed by atoms with Crippen molar-refractivity contribution in [3.05, 3.63) is 12.3 Å². The maximum Gasteiger partial charge on any atom is 0.0709 e. The van der Waals surface area contributed by atoms with Gasteiger partial charge in [-0.1, -0.05) is 63.7 Å². The summed E-state index contributed by atoms with van der Waals surface area (Å²) in [6.07, 6.45) is 8.59. The fourth-order valence-electron chi connectivity index (χ4n) is 4.24. The third-order valence-corrected chi connectivity index (χ3v) is 11.5. The third kappa shape index (κ3) is 9.37. The first-order valence-corrected chi connectivity index (χ1v) is 16.5. The molecule has 6 heteroatoms. The predicted molar refractivity (Wildman–Crippen MR) is 122 cm³/mol. The number of ether oxygens (including phenoxy) is 2. The van der Waals surface area contributed by atoms with Crippen LogP contribution in [0.25, 0.3) is 0 Å². The maximum atomic E-state index is 5.58. The minimum Gasteiger partial charge on any atom is -0.379 e. The largest absolute Gasteiger partial charge is 0.379 e. The van der Waals surface area contributed by atoms with Crippen molar-refractivity contribution in [3.8, 4) is 0 Å². The summed E-state index contributed by atoms with van der Waals surface area (Å²) in [5.74, 6) is 0.740. The maximum absolute atomic E-state index is 5.58. The molecule has 0 aromatic carbocycles. The Labute approximate surface area is 171 Å². The van der Waals surface area contributed by atoms with Crippen molar-refractivity contribution in [2.45, 2.75) is 69.5 Å². The van der Waals surface area contributed by atoms with E-state index in [1.807, 2.05) is 0 Å². The average Bonchev–Trinajstić information content (AvgIpc) is 2.71. The molecule has 2 saturated heterocycles. The van der Waals surface area contributed by atoms with Crippen molar-refractivity contribution in [1.29, 1.82) is 0 Å². The van der Waals surface area contributed by atoms with E-state index in [2.05, 4.69) is 35.2 Å². The minimum atomic E-state index is -1.06. The van der Waals surface area contributed by atoms with E-state index in [4.69, 9.17) is 9.47 Å². The number of hydrogen-bond acceptors (Lipinski definition) is 4. The second-order valence-corrected chi connectivity index (χ2v) is 15.9. The molecule has 0 amide bonds. The lowest BCUT2D eigenvalue weighted by Crippen LogP contribution is -2.58. The van der Waals surface area contributed by atoms with E-state index in [-0.39, 0.29) is 9.52 Å². The van der Waals surface area contributed by atoms with Crippen LogP contribution in [0.4, 0.5) is 0 Å². The van der Waals surface area contributed by atoms with Crippen molar-refractivity contribution < 1.29 is 9.47 Å². The molecule has 0 aliphatic carbocycles. The zero-order chi connectivity index (χ0) is 19.4. The summed E-state index contributed by atoms with van der Waals surface area (Å²) in [6.45, 7) is 17.0. The van der Waals surface area contributed by atoms with Gasteiger partial charge in [-0.05, 0) is 0 Å². The third-order valence-electron chi connectivity index (χ3n) is 6.27. The van der Waals surface area contributed by atoms with E-state index in [0.717, 1.165) is 58.4 Å². The Kier molecular flexibility index (Phi) is 11.5. The van der Waals surface area contributed by atoms with Crippen LogP contribution in [-0.2, 0) is 9.47 Å². The number of hydrogen-bond donors (Lipinski definition) is 0. The first-order chi connectivity index (χ1) is 13.1. The summed E-state index contributed by atoms with van der Waals surface area (Å²) in [4.78, 5) is 5.43. The topological polar surface area (TPSA) is 24.9 Å². The van der Waals surface area contributed by atoms with E-state index in [0.29, 0.717) is 0 Å². The van der Waals surface area contributed by atoms with E-state index in [9.17, 15) is 0 Å². The van der Waals surface area contributed by atoms with Crippen molar-refractivity contribution in [3.63, 3.8) is 0 Å². The van der Waals surface area contributed by atoms with E-state index >= 15 is 0 Å². The Morgan fingerprint density at radius 2 is 1.33 bits per heavy atom. The molecule has 2 aliphatic rings. The van der Waals surface area contributed by atoms with Crippen molar-refractivity contribution in [1.82, 2.24) is 9.80 Å². The highest BCUT2D eigenvalue weighted by molar-refractivity contribution is 6.82. The summed E-state index contributed by atoms with van der Waals surface area (Å²) in [7, 11) is -1.16. The lowest BCUT2D eigenvalue weighted by atomic mass is 10.1. The van der Waals surface area contributed by atoms with Gasteiger partial charge in [0, 0.05) is 32.0 Å². The molecule has 2 fully saturated rings. The molecule has 0 unspecified atom stereocenters. The fraction of sp³-hybridized carbons (Fsp3) is 0.905. The number of morpholine rings is 2. The molecule has 0 saturated carbocycles. The minimum absolute atomic E-state index is 0.0949. The van der Waals surface area contributed by atoms with Gasteiger partial charge < -0.3 is 9.47 Å². The van der Waals surface area contributed by atoms with Gasteiger partial charge in [-0.2, -0.15) is 0 Å². The molecular weight excluding hydrogens is 368 g/mol. The smallest absolute Gasteiger partial charge is 0.0709 e. The molecule has 0 atom stereocenters. The van der Waals surface area contributed by atoms with Crippen LogP contribution in [0, 0.1) is 0 Å². The highest BCUT2D eigenvalue weighted by Crippen LogP contribution is 2.17. The van der Waals surface area contributed by atoms with Crippen LogP contribution in [0.2, 0.25) is 25.2 Å². The molecule has 4 nitrogen and oxygen atoms in total. The van der Waals surface area contributed by atoms with Crippen LogP contribution in [0.5, 0.6) is 0 Å². The van der Waals surface area contributed by atoms with E-state index in [1.54, 1.807) is 0 Å². The molecular formula is C21H44N2O2Si2. The monoisotopic (exact) mass is 412 g/mol. The quantitative estimate of drug-likeness (QED) is 0.342. The molecule has 0 aromatic heterocycles. The van der Waals surface area contributed by atoms with Crippen molar-refractivity contribution >= 4 is 17.6 Å². The SMILES string of the molecule is C=C[Si](C)(C)CCCCCCCC[SiH2]C(N1CCOCC1)N1CCOCC1. The van der Waals surface area contributed by atoms with Gasteiger partial charge in [-0.15, -0.1) is 12.3 Å². The van der Waals surface area contributed by atoms with Gasteiger partial charge in [-0.25, -0.2) is 0 Å². The molecule has 2 aliphatic heterocycles. The number of rotatable bonds is 13. The Hall–Kier alpha value is 0.0138. The summed E-state index contributed by atoms with van der Waals surface area (Å²) in [6, 6.07) is 2.92. The van der Waals surface area contributed by atoms with Crippen LogP contribution in [0.3, 0.4) is 0 Å². The van der Waals surface area contributed by atoms with Crippen LogP contribution >= 0.6 is 0 Å². The standard InChI is InChI=1S/C21H44N2O2Si2/c1-4-27(2,3)20-10-8-6-5-7-9-19-26-21(22-11-15-24-16-12-22)23-13-17-25-18-14-23/h4,21H,1,5-20,26H2,2-3H3. The molecule has 0 bridgehead atoms. The first kappa shape index (κ1) is 23.3. The van der Waals surface area contributed by atoms with Gasteiger partial charge >= 0.3 is 0 Å². The van der Waals surface area contributed by atoms with Gasteiger partial charge in [0.2, 0.25) is 0 Å². The molecule has 2 heterocycles. The predicted octanol–water partition coefficient (Wildman–Crippen LogP) is 3.30. The number of unbranched alkanes of at least 4 members (excludes halogenated alkanes) is 5. The lowest BCUT2D eigenvalue weighted by molar-refractivity contribution is -0.0392. The molecule has 158 valence electrons. The molecule has 27 heavy (non-hydrogen) atoms. The first-order valence-electron chi connectivity index (χ1n) is 11.4. The van der Waals surface area contributed by atoms with Gasteiger partial charge in [0.25, 0.3) is 0 Å². The highest BCUT2D eigenvalue weighted by atomic mass is 28.3. The Bertz CT molecular complexity index is 380. The van der Waals surface area contributed by atoms with Crippen LogP contribution in [-0.4, -0.2) is 85.8 Å². The van der Waals surface area contributed by atoms with Gasteiger partial charge in [0.15, 0.2) is 0 Å². The zero-order valence-corrected chi connectivity index (χ0v) is 20.5. The zero-order valence-electron chi connectivity index (χ0n) is 18.1. The molecule has 0 spiro atoms. The van der Waals surface area contributed by atoms with E-state index in [1.165, 1.54) is 50.6 Å². The fourth-order valence-corrected chi connectivity index (χ4v) is 8.07. The van der Waals surface area contributed by atoms with Crippen LogP contribution in [0.15, 0.2) is 12.3 Å². The molecule has 0 N–H and O–H groups in total. The highest BCUT2D eigenvalue weighted by Gasteiger charge is 2.27. The lowest BCUT2D eigenvalue weighted by Gasteiger charge is -2.43. The summed E-state index contributed by atoms with van der Waals surface area (Å²) in [5.41, 5.74) is 2.25. The Morgan fingerprint density at radius 1 is 0.852 bits per heavy atom. The normalized spacial score (nSPS) is 20.7. The second kappa shape index (κ2) is 13.3. The van der Waals surface area contributed by atoms with Crippen LogP contribution in [0.1, 0.15) is 38.5 Å². The van der Waals surface area contributed by atoms with Gasteiger partial charge in [0.1, 0.15) is 0 Å². The summed E-state index contributed by atoms with van der Waals surface area (Å²) in [5, 5.41) is 0. The Balaban J connectivity index is 1.57. The van der Waals surface area contributed by atoms with Crippen LogP contribution < -0.4 is 0 Å².